The van der Waals surface area contributed by atoms with Crippen molar-refractivity contribution in [2.45, 2.75) is 38.1 Å². The first-order valence-corrected chi connectivity index (χ1v) is 7.67. The topological polar surface area (TPSA) is 46.2 Å². The van der Waals surface area contributed by atoms with Crippen LogP contribution in [0.2, 0.25) is 0 Å². The van der Waals surface area contributed by atoms with E-state index in [4.69, 9.17) is 0 Å². The maximum atomic E-state index is 12.1. The highest BCUT2D eigenvalue weighted by molar-refractivity contribution is 7.91. The Balaban J connectivity index is 2.84. The third kappa shape index (κ3) is 4.13. The quantitative estimate of drug-likeness (QED) is 0.847. The van der Waals surface area contributed by atoms with Crippen LogP contribution in [0.4, 0.5) is 0 Å². The normalized spacial score (nSPS) is 13.6. The summed E-state index contributed by atoms with van der Waals surface area (Å²) < 4.78 is 24.3. The predicted molar refractivity (Wildman–Crippen MR) is 71.0 cm³/mol. The Morgan fingerprint density at radius 2 is 1.76 bits per heavy atom. The maximum absolute atomic E-state index is 12.1. The van der Waals surface area contributed by atoms with Gasteiger partial charge in [-0.3, -0.25) is 0 Å². The van der Waals surface area contributed by atoms with Gasteiger partial charge in [-0.25, -0.2) is 8.42 Å². The molecule has 0 spiro atoms. The lowest BCUT2D eigenvalue weighted by Crippen LogP contribution is -2.34. The van der Waals surface area contributed by atoms with E-state index in [1.165, 1.54) is 0 Å². The highest BCUT2D eigenvalue weighted by Crippen LogP contribution is 2.13. The van der Waals surface area contributed by atoms with Gasteiger partial charge in [0.2, 0.25) is 0 Å². The molecule has 0 bridgehead atoms. The van der Waals surface area contributed by atoms with E-state index < -0.39 is 9.84 Å². The van der Waals surface area contributed by atoms with E-state index in [-0.39, 0.29) is 11.8 Å². The lowest BCUT2D eigenvalue weighted by Gasteiger charge is -2.15. The van der Waals surface area contributed by atoms with E-state index in [2.05, 4.69) is 5.32 Å². The molecule has 1 N–H and O–H groups in total. The maximum Gasteiger partial charge on any atom is 0.179 e. The van der Waals surface area contributed by atoms with Crippen LogP contribution in [0, 0.1) is 6.92 Å². The molecule has 0 aliphatic rings. The fourth-order valence-corrected chi connectivity index (χ4v) is 3.34. The summed E-state index contributed by atoms with van der Waals surface area (Å²) in [6.07, 6.45) is 0.818. The molecule has 1 unspecified atom stereocenters. The van der Waals surface area contributed by atoms with Crippen LogP contribution in [0.3, 0.4) is 0 Å². The van der Waals surface area contributed by atoms with Crippen LogP contribution in [0.1, 0.15) is 25.8 Å². The molecule has 0 heterocycles. The van der Waals surface area contributed by atoms with Crippen molar-refractivity contribution < 1.29 is 8.42 Å². The van der Waals surface area contributed by atoms with Crippen LogP contribution >= 0.6 is 0 Å². The van der Waals surface area contributed by atoms with Gasteiger partial charge in [-0.05, 0) is 32.0 Å². The van der Waals surface area contributed by atoms with Crippen LogP contribution < -0.4 is 5.32 Å². The molecule has 96 valence electrons. The van der Waals surface area contributed by atoms with Gasteiger partial charge in [-0.1, -0.05) is 31.5 Å². The average Bonchev–Trinajstić information content (AvgIpc) is 2.28. The summed E-state index contributed by atoms with van der Waals surface area (Å²) in [7, 11) is -3.17. The van der Waals surface area contributed by atoms with Crippen LogP contribution in [0.15, 0.2) is 29.2 Å². The molecule has 4 heteroatoms. The number of hydrogen-bond donors (Lipinski definition) is 1. The highest BCUT2D eigenvalue weighted by Gasteiger charge is 2.19. The van der Waals surface area contributed by atoms with Gasteiger partial charge < -0.3 is 5.32 Å². The first-order chi connectivity index (χ1) is 7.99. The molecule has 0 saturated carbocycles. The Morgan fingerprint density at radius 1 is 1.18 bits per heavy atom. The second-order valence-electron chi connectivity index (χ2n) is 4.26. The Kier molecular flexibility index (Phi) is 5.15. The molecule has 1 atom stereocenters. The van der Waals surface area contributed by atoms with E-state index in [1.54, 1.807) is 12.1 Å². The number of sulfone groups is 1. The van der Waals surface area contributed by atoms with Gasteiger partial charge in [-0.15, -0.1) is 0 Å². The van der Waals surface area contributed by atoms with Crippen LogP contribution in [-0.2, 0) is 9.84 Å². The van der Waals surface area contributed by atoms with Crippen LogP contribution in [0.25, 0.3) is 0 Å². The average molecular weight is 255 g/mol. The fraction of sp³-hybridized carbons (Fsp3) is 0.538. The molecule has 0 saturated heterocycles. The van der Waals surface area contributed by atoms with Crippen molar-refractivity contribution in [3.05, 3.63) is 29.8 Å². The third-order valence-electron chi connectivity index (χ3n) is 2.79. The Morgan fingerprint density at radius 3 is 2.24 bits per heavy atom. The van der Waals surface area contributed by atoms with Gasteiger partial charge in [0.1, 0.15) is 0 Å². The van der Waals surface area contributed by atoms with E-state index in [0.29, 0.717) is 4.90 Å². The number of hydrogen-bond acceptors (Lipinski definition) is 3. The summed E-state index contributed by atoms with van der Waals surface area (Å²) in [5.74, 6) is 0.167. The van der Waals surface area contributed by atoms with Gasteiger partial charge in [0.15, 0.2) is 9.84 Å². The smallest absolute Gasteiger partial charge is 0.179 e. The van der Waals surface area contributed by atoms with Gasteiger partial charge >= 0.3 is 0 Å². The van der Waals surface area contributed by atoms with Crippen molar-refractivity contribution in [2.75, 3.05) is 12.3 Å². The Labute approximate surface area is 104 Å². The molecule has 0 aliphatic carbocycles. The van der Waals surface area contributed by atoms with E-state index >= 15 is 0 Å². The molecule has 3 nitrogen and oxygen atoms in total. The molecule has 0 radical (unpaired) electrons. The number of benzene rings is 1. The van der Waals surface area contributed by atoms with Crippen molar-refractivity contribution in [1.82, 2.24) is 5.32 Å². The monoisotopic (exact) mass is 255 g/mol. The summed E-state index contributed by atoms with van der Waals surface area (Å²) in [5, 5.41) is 3.19. The molecule has 1 aromatic carbocycles. The van der Waals surface area contributed by atoms with Crippen molar-refractivity contribution in [1.29, 1.82) is 0 Å². The summed E-state index contributed by atoms with van der Waals surface area (Å²) in [5.41, 5.74) is 1.07. The zero-order valence-electron chi connectivity index (χ0n) is 10.7. The minimum atomic E-state index is -3.17. The van der Waals surface area contributed by atoms with E-state index in [1.807, 2.05) is 32.9 Å². The molecule has 17 heavy (non-hydrogen) atoms. The fourth-order valence-electron chi connectivity index (χ4n) is 1.72. The molecular formula is C13H21NO2S. The van der Waals surface area contributed by atoms with Crippen LogP contribution in [-0.4, -0.2) is 26.8 Å². The van der Waals surface area contributed by atoms with Gasteiger partial charge in [0, 0.05) is 6.04 Å². The lowest BCUT2D eigenvalue weighted by atomic mass is 10.2. The zero-order valence-corrected chi connectivity index (χ0v) is 11.5. The molecular weight excluding hydrogens is 234 g/mol. The standard InChI is InChI=1S/C13H21NO2S/c1-4-12(14-5-2)10-17(15,16)13-8-6-11(3)7-9-13/h6-9,12,14H,4-5,10H2,1-3H3. The van der Waals surface area contributed by atoms with Crippen molar-refractivity contribution in [3.8, 4) is 0 Å². The third-order valence-corrected chi connectivity index (χ3v) is 4.62. The molecule has 0 aliphatic heterocycles. The second-order valence-corrected chi connectivity index (χ2v) is 6.29. The highest BCUT2D eigenvalue weighted by atomic mass is 32.2. The summed E-state index contributed by atoms with van der Waals surface area (Å²) in [6.45, 7) is 6.73. The first-order valence-electron chi connectivity index (χ1n) is 6.02. The molecule has 0 fully saturated rings. The SMILES string of the molecule is CCNC(CC)CS(=O)(=O)c1ccc(C)cc1. The lowest BCUT2D eigenvalue weighted by molar-refractivity contribution is 0.533. The summed E-state index contributed by atoms with van der Waals surface area (Å²) in [6, 6.07) is 7.07. The number of aryl methyl sites for hydroxylation is 1. The Hall–Kier alpha value is -0.870. The van der Waals surface area contributed by atoms with Crippen molar-refractivity contribution in [3.63, 3.8) is 0 Å². The van der Waals surface area contributed by atoms with Gasteiger partial charge in [0.05, 0.1) is 10.6 Å². The molecule has 1 rings (SSSR count). The van der Waals surface area contributed by atoms with E-state index in [0.717, 1.165) is 18.5 Å². The van der Waals surface area contributed by atoms with Gasteiger partial charge in [-0.2, -0.15) is 0 Å². The zero-order chi connectivity index (χ0) is 12.9. The minimum Gasteiger partial charge on any atom is -0.313 e. The summed E-state index contributed by atoms with van der Waals surface area (Å²) >= 11 is 0. The van der Waals surface area contributed by atoms with Crippen molar-refractivity contribution in [2.24, 2.45) is 0 Å². The van der Waals surface area contributed by atoms with Crippen molar-refractivity contribution >= 4 is 9.84 Å². The minimum absolute atomic E-state index is 0.0336. The number of nitrogens with one attached hydrogen (secondary N) is 1. The van der Waals surface area contributed by atoms with Crippen LogP contribution in [0.5, 0.6) is 0 Å². The largest absolute Gasteiger partial charge is 0.313 e. The first kappa shape index (κ1) is 14.2. The summed E-state index contributed by atoms with van der Waals surface area (Å²) in [4.78, 5) is 0.416. The van der Waals surface area contributed by atoms with E-state index in [9.17, 15) is 8.42 Å². The predicted octanol–water partition coefficient (Wildman–Crippen LogP) is 2.16. The second kappa shape index (κ2) is 6.17. The molecule has 0 aromatic heterocycles. The number of rotatable bonds is 6. The molecule has 0 amide bonds. The Bertz CT molecular complexity index is 437. The molecule has 1 aromatic rings. The van der Waals surface area contributed by atoms with Gasteiger partial charge in [0.25, 0.3) is 0 Å².